The average molecular weight is 542 g/mol. The molecule has 0 bridgehead atoms. The number of benzene rings is 2. The first-order chi connectivity index (χ1) is 18.4. The summed E-state index contributed by atoms with van der Waals surface area (Å²) in [5, 5.41) is 3.71. The third-order valence-electron chi connectivity index (χ3n) is 6.71. The van der Waals surface area contributed by atoms with Gasteiger partial charge in [-0.2, -0.15) is 13.2 Å². The van der Waals surface area contributed by atoms with Crippen LogP contribution < -0.4 is 5.73 Å². The summed E-state index contributed by atoms with van der Waals surface area (Å²) in [5.41, 5.74) is 4.79. The summed E-state index contributed by atoms with van der Waals surface area (Å²) in [6.45, 7) is 3.90. The zero-order valence-corrected chi connectivity index (χ0v) is 21.9. The number of hydrogen-bond acceptors (Lipinski definition) is 6. The number of guanidine groups is 1. The lowest BCUT2D eigenvalue weighted by atomic mass is 9.83. The van der Waals surface area contributed by atoms with Crippen LogP contribution in [0.4, 0.5) is 13.2 Å². The van der Waals surface area contributed by atoms with Gasteiger partial charge in [0, 0.05) is 13.1 Å². The molecule has 3 aromatic rings. The molecular formula is C28H30F3N5O3. The van der Waals surface area contributed by atoms with Crippen LogP contribution in [0, 0.1) is 5.92 Å². The normalized spacial score (nSPS) is 17.6. The lowest BCUT2D eigenvalue weighted by molar-refractivity contribution is -0.138. The number of carbonyl (C=O) groups is 2. The van der Waals surface area contributed by atoms with Crippen molar-refractivity contribution in [1.29, 1.82) is 0 Å². The van der Waals surface area contributed by atoms with Crippen molar-refractivity contribution in [2.45, 2.75) is 51.5 Å². The smallest absolute Gasteiger partial charge is 0.369 e. The molecule has 39 heavy (non-hydrogen) atoms. The fraction of sp³-hybridized carbons (Fsp3) is 0.357. The van der Waals surface area contributed by atoms with E-state index in [2.05, 4.69) is 10.1 Å². The average Bonchev–Trinajstić information content (AvgIpc) is 3.49. The first-order valence-electron chi connectivity index (χ1n) is 12.5. The highest BCUT2D eigenvalue weighted by atomic mass is 19.4. The van der Waals surface area contributed by atoms with Crippen molar-refractivity contribution in [3.8, 4) is 0 Å². The van der Waals surface area contributed by atoms with Gasteiger partial charge in [0.05, 0.1) is 24.2 Å². The van der Waals surface area contributed by atoms with Crippen LogP contribution in [0.3, 0.4) is 0 Å². The summed E-state index contributed by atoms with van der Waals surface area (Å²) in [4.78, 5) is 34.0. The molecule has 2 heterocycles. The number of nitrogens with two attached hydrogens (primary N) is 1. The Morgan fingerprint density at radius 2 is 1.87 bits per heavy atom. The molecular weight excluding hydrogens is 511 g/mol. The van der Waals surface area contributed by atoms with E-state index in [1.807, 2.05) is 44.2 Å². The number of carbonyl (C=O) groups excluding carboxylic acids is 2. The molecule has 0 aliphatic carbocycles. The van der Waals surface area contributed by atoms with E-state index >= 15 is 0 Å². The van der Waals surface area contributed by atoms with Gasteiger partial charge in [-0.15, -0.1) is 0 Å². The van der Waals surface area contributed by atoms with Crippen molar-refractivity contribution < 1.29 is 27.3 Å². The third-order valence-corrected chi connectivity index (χ3v) is 6.71. The molecule has 4 rings (SSSR count). The molecule has 0 unspecified atom stereocenters. The Balaban J connectivity index is 1.66. The Labute approximate surface area is 224 Å². The highest BCUT2D eigenvalue weighted by Crippen LogP contribution is 2.39. The minimum absolute atomic E-state index is 0.0245. The van der Waals surface area contributed by atoms with E-state index in [0.29, 0.717) is 35.6 Å². The van der Waals surface area contributed by atoms with Crippen LogP contribution in [0.25, 0.3) is 0 Å². The van der Waals surface area contributed by atoms with Gasteiger partial charge in [0.1, 0.15) is 12.0 Å². The summed E-state index contributed by atoms with van der Waals surface area (Å²) in [7, 11) is 1.38. The molecule has 1 aliphatic rings. The molecule has 2 aromatic carbocycles. The van der Waals surface area contributed by atoms with Gasteiger partial charge in [0.25, 0.3) is 11.8 Å². The van der Waals surface area contributed by atoms with Crippen LogP contribution in [0.2, 0.25) is 0 Å². The van der Waals surface area contributed by atoms with Crippen molar-refractivity contribution in [2.24, 2.45) is 16.6 Å². The quantitative estimate of drug-likeness (QED) is 0.413. The largest absolute Gasteiger partial charge is 0.417 e. The van der Waals surface area contributed by atoms with Crippen molar-refractivity contribution in [2.75, 3.05) is 7.05 Å². The Bertz CT molecular complexity index is 1360. The van der Waals surface area contributed by atoms with Crippen molar-refractivity contribution in [3.05, 3.63) is 88.8 Å². The predicted molar refractivity (Wildman–Crippen MR) is 138 cm³/mol. The summed E-state index contributed by atoms with van der Waals surface area (Å²) in [6.07, 6.45) is -2.32. The van der Waals surface area contributed by atoms with Gasteiger partial charge < -0.3 is 15.2 Å². The molecule has 1 aliphatic heterocycles. The summed E-state index contributed by atoms with van der Waals surface area (Å²) in [5.74, 6) is -0.926. The van der Waals surface area contributed by atoms with Crippen LogP contribution in [0.15, 0.2) is 70.4 Å². The van der Waals surface area contributed by atoms with E-state index < -0.39 is 28.7 Å². The van der Waals surface area contributed by atoms with E-state index in [0.717, 1.165) is 17.0 Å². The standard InChI is InChI=1S/C28H30F3N5O3/c1-18(2)11-13-27(20-7-5-4-6-8-20)25(38)36(26(32)33-27)16-19-9-10-23(28(29,30)31)22(15-19)24(37)35(3)17-21-12-14-39-34-21/h4-10,12,14-15,18H,11,13,16-17H2,1-3H3,(H2,32,33)/t27-/m1/s1. The number of aliphatic imine (C=N–C) groups is 1. The number of rotatable bonds is 9. The molecule has 2 N–H and O–H groups in total. The van der Waals surface area contributed by atoms with Gasteiger partial charge in [-0.05, 0) is 42.0 Å². The Morgan fingerprint density at radius 3 is 2.49 bits per heavy atom. The van der Waals surface area contributed by atoms with E-state index in [9.17, 15) is 22.8 Å². The second kappa shape index (κ2) is 10.9. The van der Waals surface area contributed by atoms with E-state index in [4.69, 9.17) is 10.3 Å². The zero-order valence-electron chi connectivity index (χ0n) is 21.9. The Hall–Kier alpha value is -4.15. The van der Waals surface area contributed by atoms with Crippen LogP contribution in [-0.2, 0) is 29.6 Å². The van der Waals surface area contributed by atoms with Gasteiger partial charge in [0.15, 0.2) is 11.5 Å². The predicted octanol–water partition coefficient (Wildman–Crippen LogP) is 4.95. The topological polar surface area (TPSA) is 105 Å². The van der Waals surface area contributed by atoms with Gasteiger partial charge >= 0.3 is 6.18 Å². The lowest BCUT2D eigenvalue weighted by Crippen LogP contribution is -2.42. The molecule has 0 fully saturated rings. The molecule has 1 atom stereocenters. The molecule has 1 aromatic heterocycles. The van der Waals surface area contributed by atoms with Crippen LogP contribution in [0.1, 0.15) is 59.4 Å². The minimum Gasteiger partial charge on any atom is -0.369 e. The zero-order chi connectivity index (χ0) is 28.4. The highest BCUT2D eigenvalue weighted by molar-refractivity contribution is 6.07. The number of aromatic nitrogens is 1. The van der Waals surface area contributed by atoms with Gasteiger partial charge in [-0.25, -0.2) is 4.99 Å². The summed E-state index contributed by atoms with van der Waals surface area (Å²) in [6, 6.07) is 13.9. The summed E-state index contributed by atoms with van der Waals surface area (Å²) >= 11 is 0. The van der Waals surface area contributed by atoms with E-state index in [1.54, 1.807) is 0 Å². The maximum atomic E-state index is 13.8. The molecule has 0 radical (unpaired) electrons. The second-order valence-electron chi connectivity index (χ2n) is 10.0. The summed E-state index contributed by atoms with van der Waals surface area (Å²) < 4.78 is 46.3. The number of nitrogens with zero attached hydrogens (tertiary/aromatic N) is 4. The number of amides is 2. The molecule has 206 valence electrons. The van der Waals surface area contributed by atoms with Crippen molar-refractivity contribution in [3.63, 3.8) is 0 Å². The van der Waals surface area contributed by atoms with Crippen LogP contribution >= 0.6 is 0 Å². The first-order valence-corrected chi connectivity index (χ1v) is 12.5. The fourth-order valence-electron chi connectivity index (χ4n) is 4.63. The van der Waals surface area contributed by atoms with Crippen molar-refractivity contribution >= 4 is 17.8 Å². The second-order valence-corrected chi connectivity index (χ2v) is 10.0. The Kier molecular flexibility index (Phi) is 7.80. The number of hydrogen-bond donors (Lipinski definition) is 1. The highest BCUT2D eigenvalue weighted by Gasteiger charge is 2.48. The third kappa shape index (κ3) is 5.81. The molecule has 11 heteroatoms. The lowest BCUT2D eigenvalue weighted by Gasteiger charge is -2.27. The number of halogens is 3. The van der Waals surface area contributed by atoms with Gasteiger partial charge in [0.2, 0.25) is 0 Å². The molecule has 0 saturated carbocycles. The minimum atomic E-state index is -4.76. The van der Waals surface area contributed by atoms with Crippen LogP contribution in [-0.4, -0.2) is 39.8 Å². The number of alkyl halides is 3. The van der Waals surface area contributed by atoms with E-state index in [-0.39, 0.29) is 25.0 Å². The van der Waals surface area contributed by atoms with Crippen molar-refractivity contribution in [1.82, 2.24) is 15.0 Å². The van der Waals surface area contributed by atoms with Gasteiger partial charge in [-0.3, -0.25) is 14.5 Å². The molecule has 2 amide bonds. The maximum Gasteiger partial charge on any atom is 0.417 e. The fourth-order valence-corrected chi connectivity index (χ4v) is 4.63. The van der Waals surface area contributed by atoms with E-state index in [1.165, 1.54) is 30.3 Å². The van der Waals surface area contributed by atoms with Gasteiger partial charge in [-0.1, -0.05) is 55.4 Å². The Morgan fingerprint density at radius 1 is 1.15 bits per heavy atom. The monoisotopic (exact) mass is 541 g/mol. The molecule has 0 saturated heterocycles. The first kappa shape index (κ1) is 27.9. The SMILES string of the molecule is CC(C)CC[C@]1(c2ccccc2)N=C(N)N(Cc2ccc(C(F)(F)F)c(C(=O)N(C)Cc3ccon3)c2)C1=O. The molecule has 8 nitrogen and oxygen atoms in total. The van der Waals surface area contributed by atoms with Crippen LogP contribution in [0.5, 0.6) is 0 Å². The molecule has 0 spiro atoms. The maximum absolute atomic E-state index is 13.8.